The standard InChI is InChI=1S/C17H27N3O/c1-12(14-6-4-3-5-7-14)19-13(2)15-8-10-16(11-9-15)20-17(18)21/h8-14,19H,3-7H2,1-2H3,(H3,18,20,21)/t12-,13?/m0/s1. The number of nitrogens with one attached hydrogen (secondary N) is 2. The predicted molar refractivity (Wildman–Crippen MR) is 87.2 cm³/mol. The Morgan fingerprint density at radius 3 is 2.33 bits per heavy atom. The lowest BCUT2D eigenvalue weighted by molar-refractivity contribution is 0.259. The molecule has 0 aliphatic heterocycles. The first-order chi connectivity index (χ1) is 10.1. The van der Waals surface area contributed by atoms with E-state index < -0.39 is 6.03 Å². The van der Waals surface area contributed by atoms with Gasteiger partial charge in [0.15, 0.2) is 0 Å². The molecule has 2 atom stereocenters. The Hall–Kier alpha value is -1.55. The van der Waals surface area contributed by atoms with Gasteiger partial charge in [0.1, 0.15) is 0 Å². The zero-order valence-corrected chi connectivity index (χ0v) is 13.1. The van der Waals surface area contributed by atoms with Crippen molar-refractivity contribution in [3.8, 4) is 0 Å². The third kappa shape index (κ3) is 4.74. The van der Waals surface area contributed by atoms with Crippen LogP contribution in [0, 0.1) is 5.92 Å². The number of nitrogens with two attached hydrogens (primary N) is 1. The largest absolute Gasteiger partial charge is 0.351 e. The third-order valence-corrected chi connectivity index (χ3v) is 4.55. The van der Waals surface area contributed by atoms with E-state index in [9.17, 15) is 4.79 Å². The van der Waals surface area contributed by atoms with Gasteiger partial charge < -0.3 is 16.4 Å². The molecule has 1 fully saturated rings. The van der Waals surface area contributed by atoms with Gasteiger partial charge in [-0.2, -0.15) is 0 Å². The van der Waals surface area contributed by atoms with Crippen molar-refractivity contribution in [1.82, 2.24) is 5.32 Å². The first-order valence-corrected chi connectivity index (χ1v) is 7.98. The molecular formula is C17H27N3O. The van der Waals surface area contributed by atoms with Gasteiger partial charge in [-0.3, -0.25) is 0 Å². The summed E-state index contributed by atoms with van der Waals surface area (Å²) in [5, 5.41) is 6.30. The molecule has 1 aliphatic carbocycles. The van der Waals surface area contributed by atoms with E-state index in [0.29, 0.717) is 12.1 Å². The Morgan fingerprint density at radius 1 is 1.14 bits per heavy atom. The van der Waals surface area contributed by atoms with E-state index in [1.54, 1.807) is 0 Å². The third-order valence-electron chi connectivity index (χ3n) is 4.55. The van der Waals surface area contributed by atoms with Crippen LogP contribution in [-0.2, 0) is 0 Å². The van der Waals surface area contributed by atoms with Gasteiger partial charge in [0.25, 0.3) is 0 Å². The van der Waals surface area contributed by atoms with E-state index in [1.165, 1.54) is 37.7 Å². The number of benzene rings is 1. The molecule has 1 aliphatic rings. The lowest BCUT2D eigenvalue weighted by atomic mass is 9.84. The number of rotatable bonds is 5. The zero-order chi connectivity index (χ0) is 15.2. The minimum atomic E-state index is -0.528. The van der Waals surface area contributed by atoms with Crippen molar-refractivity contribution in [2.24, 2.45) is 11.7 Å². The molecule has 2 rings (SSSR count). The molecule has 0 spiro atoms. The maximum Gasteiger partial charge on any atom is 0.316 e. The number of carbonyl (C=O) groups is 1. The van der Waals surface area contributed by atoms with Crippen LogP contribution in [0.5, 0.6) is 0 Å². The SMILES string of the molecule is CC(N[C@@H](C)C1CCCCC1)c1ccc(NC(N)=O)cc1. The number of anilines is 1. The normalized spacial score (nSPS) is 19.0. The van der Waals surface area contributed by atoms with Crippen LogP contribution < -0.4 is 16.4 Å². The molecule has 2 amide bonds. The van der Waals surface area contributed by atoms with Gasteiger partial charge in [-0.1, -0.05) is 31.4 Å². The van der Waals surface area contributed by atoms with E-state index in [1.807, 2.05) is 24.3 Å². The van der Waals surface area contributed by atoms with Crippen molar-refractivity contribution in [3.05, 3.63) is 29.8 Å². The first kappa shape index (κ1) is 15.8. The van der Waals surface area contributed by atoms with Crippen LogP contribution in [0.25, 0.3) is 0 Å². The number of urea groups is 1. The second-order valence-electron chi connectivity index (χ2n) is 6.19. The van der Waals surface area contributed by atoms with Gasteiger partial charge in [0.2, 0.25) is 0 Å². The molecule has 0 radical (unpaired) electrons. The highest BCUT2D eigenvalue weighted by atomic mass is 16.2. The molecule has 1 aromatic carbocycles. The minimum absolute atomic E-state index is 0.310. The van der Waals surface area contributed by atoms with E-state index in [2.05, 4.69) is 24.5 Å². The summed E-state index contributed by atoms with van der Waals surface area (Å²) in [6, 6.07) is 8.19. The number of carbonyl (C=O) groups excluding carboxylic acids is 1. The highest BCUT2D eigenvalue weighted by Crippen LogP contribution is 2.27. The Kier molecular flexibility index (Phi) is 5.62. The molecule has 4 nitrogen and oxygen atoms in total. The molecule has 4 heteroatoms. The zero-order valence-electron chi connectivity index (χ0n) is 13.1. The summed E-state index contributed by atoms with van der Waals surface area (Å²) in [5.41, 5.74) is 7.07. The summed E-state index contributed by atoms with van der Waals surface area (Å²) in [6.45, 7) is 4.49. The van der Waals surface area contributed by atoms with Crippen LogP contribution in [-0.4, -0.2) is 12.1 Å². The number of hydrogen-bond donors (Lipinski definition) is 3. The van der Waals surface area contributed by atoms with Crippen molar-refractivity contribution < 1.29 is 4.79 Å². The lowest BCUT2D eigenvalue weighted by Gasteiger charge is -2.31. The highest BCUT2D eigenvalue weighted by molar-refractivity contribution is 5.87. The van der Waals surface area contributed by atoms with Crippen molar-refractivity contribution >= 4 is 11.7 Å². The van der Waals surface area contributed by atoms with Crippen LogP contribution in [0.4, 0.5) is 10.5 Å². The van der Waals surface area contributed by atoms with Crippen molar-refractivity contribution in [3.63, 3.8) is 0 Å². The fraction of sp³-hybridized carbons (Fsp3) is 0.588. The summed E-state index contributed by atoms with van der Waals surface area (Å²) in [7, 11) is 0. The summed E-state index contributed by atoms with van der Waals surface area (Å²) in [6.07, 6.45) is 6.84. The van der Waals surface area contributed by atoms with Gasteiger partial charge in [-0.25, -0.2) is 4.79 Å². The molecule has 4 N–H and O–H groups in total. The van der Waals surface area contributed by atoms with Gasteiger partial charge in [-0.05, 0) is 50.3 Å². The number of primary amides is 1. The molecule has 0 bridgehead atoms. The van der Waals surface area contributed by atoms with E-state index >= 15 is 0 Å². The van der Waals surface area contributed by atoms with Crippen molar-refractivity contribution in [2.75, 3.05) is 5.32 Å². The molecule has 116 valence electrons. The highest BCUT2D eigenvalue weighted by Gasteiger charge is 2.21. The van der Waals surface area contributed by atoms with E-state index in [4.69, 9.17) is 5.73 Å². The summed E-state index contributed by atoms with van der Waals surface area (Å²) < 4.78 is 0. The summed E-state index contributed by atoms with van der Waals surface area (Å²) in [5.74, 6) is 0.803. The molecular weight excluding hydrogens is 262 g/mol. The molecule has 1 aromatic rings. The number of amides is 2. The van der Waals surface area contributed by atoms with Crippen LogP contribution in [0.15, 0.2) is 24.3 Å². The molecule has 0 saturated heterocycles. The van der Waals surface area contributed by atoms with Crippen molar-refractivity contribution in [2.45, 2.75) is 58.0 Å². The smallest absolute Gasteiger partial charge is 0.316 e. The quantitative estimate of drug-likeness (QED) is 0.772. The average molecular weight is 289 g/mol. The molecule has 1 unspecified atom stereocenters. The predicted octanol–water partition coefficient (Wildman–Crippen LogP) is 3.80. The lowest BCUT2D eigenvalue weighted by Crippen LogP contribution is -2.36. The maximum absolute atomic E-state index is 10.8. The van der Waals surface area contributed by atoms with Gasteiger partial charge in [-0.15, -0.1) is 0 Å². The average Bonchev–Trinajstić information content (AvgIpc) is 2.48. The second-order valence-corrected chi connectivity index (χ2v) is 6.19. The maximum atomic E-state index is 10.8. The Balaban J connectivity index is 1.89. The molecule has 1 saturated carbocycles. The van der Waals surface area contributed by atoms with E-state index in [-0.39, 0.29) is 0 Å². The fourth-order valence-electron chi connectivity index (χ4n) is 3.26. The van der Waals surface area contributed by atoms with Gasteiger partial charge >= 0.3 is 6.03 Å². The topological polar surface area (TPSA) is 67.2 Å². The van der Waals surface area contributed by atoms with Crippen molar-refractivity contribution in [1.29, 1.82) is 0 Å². The summed E-state index contributed by atoms with van der Waals surface area (Å²) in [4.78, 5) is 10.8. The fourth-order valence-corrected chi connectivity index (χ4v) is 3.26. The number of hydrogen-bond acceptors (Lipinski definition) is 2. The van der Waals surface area contributed by atoms with Gasteiger partial charge in [0.05, 0.1) is 0 Å². The minimum Gasteiger partial charge on any atom is -0.351 e. The Bertz CT molecular complexity index is 452. The van der Waals surface area contributed by atoms with Crippen LogP contribution in [0.3, 0.4) is 0 Å². The Morgan fingerprint density at radius 2 is 1.76 bits per heavy atom. The summed E-state index contributed by atoms with van der Waals surface area (Å²) >= 11 is 0. The molecule has 21 heavy (non-hydrogen) atoms. The van der Waals surface area contributed by atoms with Crippen LogP contribution >= 0.6 is 0 Å². The van der Waals surface area contributed by atoms with Crippen LogP contribution in [0.2, 0.25) is 0 Å². The van der Waals surface area contributed by atoms with E-state index in [0.717, 1.165) is 11.6 Å². The monoisotopic (exact) mass is 289 g/mol. The first-order valence-electron chi connectivity index (χ1n) is 7.98. The van der Waals surface area contributed by atoms with Crippen LogP contribution in [0.1, 0.15) is 57.6 Å². The van der Waals surface area contributed by atoms with Gasteiger partial charge in [0, 0.05) is 17.8 Å². The second kappa shape index (κ2) is 7.46. The molecule has 0 aromatic heterocycles. The molecule has 0 heterocycles. The Labute approximate surface area is 127 Å².